The average molecular weight is 447 g/mol. The lowest BCUT2D eigenvalue weighted by atomic mass is 9.96. The molecule has 0 amide bonds. The van der Waals surface area contributed by atoms with Gasteiger partial charge in [0.15, 0.2) is 12.4 Å². The first-order valence-electron chi connectivity index (χ1n) is 9.89. The fourth-order valence-electron chi connectivity index (χ4n) is 3.12. The monoisotopic (exact) mass is 446 g/mol. The minimum atomic E-state index is -0.649. The minimum absolute atomic E-state index is 0.140. The Morgan fingerprint density at radius 1 is 0.906 bits per heavy atom. The third-order valence-corrected chi connectivity index (χ3v) is 5.30. The molecule has 0 aliphatic heterocycles. The number of aryl methyl sites for hydroxylation is 2. The molecule has 0 spiro atoms. The van der Waals surface area contributed by atoms with Crippen LogP contribution in [-0.4, -0.2) is 21.9 Å². The number of hydrogen-bond donors (Lipinski definition) is 0. The van der Waals surface area contributed by atoms with Gasteiger partial charge in [-0.2, -0.15) is 0 Å². The molecule has 0 bridgehead atoms. The van der Waals surface area contributed by atoms with Crippen LogP contribution >= 0.6 is 11.6 Å². The summed E-state index contributed by atoms with van der Waals surface area (Å²) >= 11 is 5.89. The third-order valence-electron chi connectivity index (χ3n) is 5.05. The Morgan fingerprint density at radius 2 is 1.62 bits per heavy atom. The van der Waals surface area contributed by atoms with Crippen LogP contribution in [0.1, 0.15) is 43.3 Å². The van der Waals surface area contributed by atoms with E-state index in [2.05, 4.69) is 10.2 Å². The van der Waals surface area contributed by atoms with Gasteiger partial charge in [-0.3, -0.25) is 4.79 Å². The summed E-state index contributed by atoms with van der Waals surface area (Å²) in [7, 11) is 0. The molecule has 160 valence electrons. The number of ether oxygens (including phenoxy) is 1. The van der Waals surface area contributed by atoms with Crippen LogP contribution in [0.2, 0.25) is 5.02 Å². The summed E-state index contributed by atoms with van der Waals surface area (Å²) in [5, 5.41) is 8.47. The van der Waals surface area contributed by atoms with Gasteiger partial charge in [0, 0.05) is 21.7 Å². The van der Waals surface area contributed by atoms with E-state index in [1.54, 1.807) is 54.6 Å². The molecule has 0 N–H and O–H groups in total. The number of rotatable bonds is 6. The van der Waals surface area contributed by atoms with Crippen LogP contribution < -0.4 is 0 Å². The van der Waals surface area contributed by atoms with Crippen molar-refractivity contribution in [2.45, 2.75) is 20.5 Å². The molecule has 0 saturated heterocycles. The molecule has 4 aromatic rings. The number of ketones is 1. The van der Waals surface area contributed by atoms with E-state index < -0.39 is 5.97 Å². The number of aromatic nitrogens is 2. The van der Waals surface area contributed by atoms with Gasteiger partial charge < -0.3 is 9.15 Å². The standard InChI is InChI=1S/C25H19ClN2O4/c1-15-7-8-18(13-16(15)2)23(29)20-5-3-4-6-21(20)25(30)31-14-22-27-28-24(32-22)17-9-11-19(26)12-10-17/h3-13H,14H2,1-2H3. The van der Waals surface area contributed by atoms with E-state index in [1.807, 2.05) is 26.0 Å². The van der Waals surface area contributed by atoms with E-state index in [0.717, 1.165) is 11.1 Å². The Balaban J connectivity index is 1.49. The highest BCUT2D eigenvalue weighted by molar-refractivity contribution is 6.30. The van der Waals surface area contributed by atoms with Crippen LogP contribution in [0.25, 0.3) is 11.5 Å². The van der Waals surface area contributed by atoms with Crippen LogP contribution in [0.3, 0.4) is 0 Å². The predicted octanol–water partition coefficient (Wildman–Crippen LogP) is 5.59. The summed E-state index contributed by atoms with van der Waals surface area (Å²) in [6.45, 7) is 3.70. The van der Waals surface area contributed by atoms with Gasteiger partial charge in [-0.1, -0.05) is 41.9 Å². The van der Waals surface area contributed by atoms with E-state index in [0.29, 0.717) is 16.1 Å². The fraction of sp³-hybridized carbons (Fsp3) is 0.120. The predicted molar refractivity (Wildman–Crippen MR) is 120 cm³/mol. The second-order valence-electron chi connectivity index (χ2n) is 7.26. The molecule has 0 radical (unpaired) electrons. The maximum absolute atomic E-state index is 13.0. The van der Waals surface area contributed by atoms with E-state index in [4.69, 9.17) is 20.8 Å². The SMILES string of the molecule is Cc1ccc(C(=O)c2ccccc2C(=O)OCc2nnc(-c3ccc(Cl)cc3)o2)cc1C. The van der Waals surface area contributed by atoms with Crippen molar-refractivity contribution in [1.82, 2.24) is 10.2 Å². The normalized spacial score (nSPS) is 10.7. The Hall–Kier alpha value is -3.77. The first-order valence-corrected chi connectivity index (χ1v) is 10.3. The van der Waals surface area contributed by atoms with Gasteiger partial charge in [0.05, 0.1) is 5.56 Å². The maximum atomic E-state index is 13.0. The Labute approximate surface area is 189 Å². The second kappa shape index (κ2) is 9.16. The smallest absolute Gasteiger partial charge is 0.339 e. The van der Waals surface area contributed by atoms with E-state index in [9.17, 15) is 9.59 Å². The molecular weight excluding hydrogens is 428 g/mol. The number of benzene rings is 3. The van der Waals surface area contributed by atoms with Crippen molar-refractivity contribution < 1.29 is 18.7 Å². The van der Waals surface area contributed by atoms with Crippen molar-refractivity contribution >= 4 is 23.4 Å². The molecule has 0 unspecified atom stereocenters. The largest absolute Gasteiger partial charge is 0.452 e. The van der Waals surface area contributed by atoms with Gasteiger partial charge in [0.25, 0.3) is 5.89 Å². The first kappa shape index (κ1) is 21.5. The highest BCUT2D eigenvalue weighted by Gasteiger charge is 2.20. The lowest BCUT2D eigenvalue weighted by molar-refractivity contribution is 0.0436. The van der Waals surface area contributed by atoms with Gasteiger partial charge in [-0.05, 0) is 61.4 Å². The Kier molecular flexibility index (Phi) is 6.14. The van der Waals surface area contributed by atoms with Crippen LogP contribution in [0, 0.1) is 13.8 Å². The maximum Gasteiger partial charge on any atom is 0.339 e. The molecule has 32 heavy (non-hydrogen) atoms. The second-order valence-corrected chi connectivity index (χ2v) is 7.69. The van der Waals surface area contributed by atoms with Crippen molar-refractivity contribution in [2.24, 2.45) is 0 Å². The van der Waals surface area contributed by atoms with Crippen molar-refractivity contribution in [1.29, 1.82) is 0 Å². The molecular formula is C25H19ClN2O4. The molecule has 1 heterocycles. The molecule has 6 nitrogen and oxygen atoms in total. The summed E-state index contributed by atoms with van der Waals surface area (Å²) < 4.78 is 10.9. The number of esters is 1. The number of carbonyl (C=O) groups excluding carboxylic acids is 2. The highest BCUT2D eigenvalue weighted by atomic mass is 35.5. The molecule has 4 rings (SSSR count). The van der Waals surface area contributed by atoms with Gasteiger partial charge in [0.1, 0.15) is 0 Å². The first-order chi connectivity index (χ1) is 15.4. The zero-order chi connectivity index (χ0) is 22.7. The number of carbonyl (C=O) groups is 2. The van der Waals surface area contributed by atoms with E-state index in [-0.39, 0.29) is 35.3 Å². The van der Waals surface area contributed by atoms with Crippen molar-refractivity contribution in [3.8, 4) is 11.5 Å². The van der Waals surface area contributed by atoms with Gasteiger partial charge in [-0.15, -0.1) is 10.2 Å². The van der Waals surface area contributed by atoms with Crippen LogP contribution in [0.5, 0.6) is 0 Å². The van der Waals surface area contributed by atoms with Gasteiger partial charge in [0.2, 0.25) is 5.89 Å². The van der Waals surface area contributed by atoms with Gasteiger partial charge >= 0.3 is 5.97 Å². The Morgan fingerprint density at radius 3 is 2.34 bits per heavy atom. The lowest BCUT2D eigenvalue weighted by Crippen LogP contribution is -2.13. The molecule has 0 saturated carbocycles. The number of halogens is 1. The average Bonchev–Trinajstić information content (AvgIpc) is 3.28. The summed E-state index contributed by atoms with van der Waals surface area (Å²) in [4.78, 5) is 25.8. The zero-order valence-electron chi connectivity index (χ0n) is 17.5. The van der Waals surface area contributed by atoms with E-state index in [1.165, 1.54) is 0 Å². The van der Waals surface area contributed by atoms with Crippen molar-refractivity contribution in [3.05, 3.63) is 105 Å². The third kappa shape index (κ3) is 4.60. The van der Waals surface area contributed by atoms with Crippen LogP contribution in [-0.2, 0) is 11.3 Å². The molecule has 7 heteroatoms. The summed E-state index contributed by atoms with van der Waals surface area (Å²) in [6, 6.07) is 18.9. The Bertz CT molecular complexity index is 1300. The molecule has 0 fully saturated rings. The van der Waals surface area contributed by atoms with Crippen LogP contribution in [0.4, 0.5) is 0 Å². The molecule has 0 aliphatic rings. The van der Waals surface area contributed by atoms with Crippen molar-refractivity contribution in [2.75, 3.05) is 0 Å². The fourth-order valence-corrected chi connectivity index (χ4v) is 3.25. The van der Waals surface area contributed by atoms with Gasteiger partial charge in [-0.25, -0.2) is 4.79 Å². The molecule has 0 aliphatic carbocycles. The zero-order valence-corrected chi connectivity index (χ0v) is 18.2. The van der Waals surface area contributed by atoms with Crippen molar-refractivity contribution in [3.63, 3.8) is 0 Å². The highest BCUT2D eigenvalue weighted by Crippen LogP contribution is 2.21. The number of hydrogen-bond acceptors (Lipinski definition) is 6. The topological polar surface area (TPSA) is 82.3 Å². The van der Waals surface area contributed by atoms with E-state index >= 15 is 0 Å². The molecule has 0 atom stereocenters. The van der Waals surface area contributed by atoms with Crippen LogP contribution in [0.15, 0.2) is 71.1 Å². The quantitative estimate of drug-likeness (QED) is 0.283. The number of nitrogens with zero attached hydrogens (tertiary/aromatic N) is 2. The lowest BCUT2D eigenvalue weighted by Gasteiger charge is -2.09. The molecule has 1 aromatic heterocycles. The summed E-state index contributed by atoms with van der Waals surface area (Å²) in [5.74, 6) is -0.466. The minimum Gasteiger partial charge on any atom is -0.452 e. The molecule has 3 aromatic carbocycles. The summed E-state index contributed by atoms with van der Waals surface area (Å²) in [6.07, 6.45) is 0. The summed E-state index contributed by atoms with van der Waals surface area (Å²) in [5.41, 5.74) is 3.75.